The van der Waals surface area contributed by atoms with Crippen LogP contribution < -0.4 is 5.73 Å². The van der Waals surface area contributed by atoms with E-state index in [1.807, 2.05) is 0 Å². The molecule has 1 aliphatic heterocycles. The Morgan fingerprint density at radius 1 is 1.56 bits per heavy atom. The highest BCUT2D eigenvalue weighted by Crippen LogP contribution is 2.23. The molecule has 2 atom stereocenters. The third-order valence-corrected chi connectivity index (χ3v) is 5.75. The van der Waals surface area contributed by atoms with Gasteiger partial charge in [0.25, 0.3) is 0 Å². The molecule has 3 nitrogen and oxygen atoms in total. The van der Waals surface area contributed by atoms with Crippen LogP contribution in [-0.4, -0.2) is 26.0 Å². The number of aryl methyl sites for hydroxylation is 1. The van der Waals surface area contributed by atoms with Crippen LogP contribution in [-0.2, 0) is 16.3 Å². The molecule has 16 heavy (non-hydrogen) atoms. The van der Waals surface area contributed by atoms with E-state index >= 15 is 0 Å². The van der Waals surface area contributed by atoms with Gasteiger partial charge in [0.2, 0.25) is 0 Å². The van der Waals surface area contributed by atoms with Crippen molar-refractivity contribution in [3.63, 3.8) is 0 Å². The van der Waals surface area contributed by atoms with E-state index < -0.39 is 9.84 Å². The van der Waals surface area contributed by atoms with Crippen molar-refractivity contribution in [1.29, 1.82) is 0 Å². The fourth-order valence-corrected chi connectivity index (χ4v) is 4.76. The Bertz CT molecular complexity index is 425. The highest BCUT2D eigenvalue weighted by atomic mass is 32.2. The van der Waals surface area contributed by atoms with Gasteiger partial charge < -0.3 is 5.73 Å². The molecule has 2 heterocycles. The van der Waals surface area contributed by atoms with Gasteiger partial charge in [-0.1, -0.05) is 0 Å². The molecule has 0 spiro atoms. The van der Waals surface area contributed by atoms with Crippen LogP contribution in [0.4, 0.5) is 0 Å². The minimum absolute atomic E-state index is 0.0252. The fraction of sp³-hybridized carbons (Fsp3) is 0.636. The topological polar surface area (TPSA) is 60.2 Å². The standard InChI is InChI=1S/C11H17NO2S2/c12-11(2-1-9-3-5-15-7-9)10-4-6-16(13,14)8-10/h3,5,7,10-11H,1-2,4,6,8,12H2. The predicted molar refractivity (Wildman–Crippen MR) is 67.4 cm³/mol. The number of hydrogen-bond donors (Lipinski definition) is 1. The van der Waals surface area contributed by atoms with Gasteiger partial charge in [-0.15, -0.1) is 0 Å². The summed E-state index contributed by atoms with van der Waals surface area (Å²) >= 11 is 1.69. The SMILES string of the molecule is NC(CCc1ccsc1)C1CCS(=O)(=O)C1. The lowest BCUT2D eigenvalue weighted by atomic mass is 9.95. The van der Waals surface area contributed by atoms with Crippen molar-refractivity contribution in [3.8, 4) is 0 Å². The smallest absolute Gasteiger partial charge is 0.150 e. The van der Waals surface area contributed by atoms with E-state index in [1.54, 1.807) is 11.3 Å². The number of thiophene rings is 1. The Labute approximate surface area is 101 Å². The Kier molecular flexibility index (Phi) is 3.66. The average Bonchev–Trinajstić information content (AvgIpc) is 2.83. The van der Waals surface area contributed by atoms with Crippen molar-refractivity contribution in [2.75, 3.05) is 11.5 Å². The van der Waals surface area contributed by atoms with E-state index in [1.165, 1.54) is 5.56 Å². The molecule has 90 valence electrons. The van der Waals surface area contributed by atoms with Crippen molar-refractivity contribution in [2.45, 2.75) is 25.3 Å². The Balaban J connectivity index is 1.83. The van der Waals surface area contributed by atoms with Gasteiger partial charge >= 0.3 is 0 Å². The summed E-state index contributed by atoms with van der Waals surface area (Å²) < 4.78 is 22.6. The van der Waals surface area contributed by atoms with Crippen LogP contribution in [0.5, 0.6) is 0 Å². The van der Waals surface area contributed by atoms with Crippen LogP contribution in [0.2, 0.25) is 0 Å². The molecule has 5 heteroatoms. The molecular formula is C11H17NO2S2. The zero-order valence-corrected chi connectivity index (χ0v) is 10.8. The van der Waals surface area contributed by atoms with Crippen molar-refractivity contribution in [1.82, 2.24) is 0 Å². The summed E-state index contributed by atoms with van der Waals surface area (Å²) in [7, 11) is -2.79. The van der Waals surface area contributed by atoms with E-state index in [4.69, 9.17) is 5.73 Å². The molecule has 1 aromatic rings. The molecule has 1 fully saturated rings. The van der Waals surface area contributed by atoms with Crippen LogP contribution in [0.25, 0.3) is 0 Å². The van der Waals surface area contributed by atoms with E-state index in [-0.39, 0.29) is 17.7 Å². The van der Waals surface area contributed by atoms with Gasteiger partial charge in [-0.25, -0.2) is 8.42 Å². The fourth-order valence-electron chi connectivity index (χ4n) is 2.17. The summed E-state index contributed by atoms with van der Waals surface area (Å²) in [4.78, 5) is 0. The van der Waals surface area contributed by atoms with Crippen LogP contribution >= 0.6 is 11.3 Å². The number of rotatable bonds is 4. The molecule has 0 aromatic carbocycles. The van der Waals surface area contributed by atoms with E-state index in [9.17, 15) is 8.42 Å². The summed E-state index contributed by atoms with van der Waals surface area (Å²) in [5, 5.41) is 4.18. The van der Waals surface area contributed by atoms with E-state index in [0.717, 1.165) is 19.3 Å². The highest BCUT2D eigenvalue weighted by Gasteiger charge is 2.31. The molecule has 1 saturated heterocycles. The lowest BCUT2D eigenvalue weighted by Crippen LogP contribution is -2.31. The number of sulfone groups is 1. The summed E-state index contributed by atoms with van der Waals surface area (Å²) in [6.07, 6.45) is 2.59. The lowest BCUT2D eigenvalue weighted by Gasteiger charge is -2.17. The zero-order valence-electron chi connectivity index (χ0n) is 9.13. The molecule has 0 aliphatic carbocycles. The number of hydrogen-bond acceptors (Lipinski definition) is 4. The van der Waals surface area contributed by atoms with Gasteiger partial charge in [0.05, 0.1) is 11.5 Å². The molecular weight excluding hydrogens is 242 g/mol. The maximum absolute atomic E-state index is 11.3. The molecule has 0 bridgehead atoms. The van der Waals surface area contributed by atoms with Crippen molar-refractivity contribution < 1.29 is 8.42 Å². The third kappa shape index (κ3) is 3.06. The van der Waals surface area contributed by atoms with Gasteiger partial charge in [0, 0.05) is 6.04 Å². The molecule has 2 N–H and O–H groups in total. The molecule has 2 rings (SSSR count). The largest absolute Gasteiger partial charge is 0.327 e. The molecule has 0 saturated carbocycles. The molecule has 0 amide bonds. The van der Waals surface area contributed by atoms with Gasteiger partial charge in [-0.2, -0.15) is 11.3 Å². The van der Waals surface area contributed by atoms with E-state index in [0.29, 0.717) is 5.75 Å². The van der Waals surface area contributed by atoms with Gasteiger partial charge in [-0.3, -0.25) is 0 Å². The van der Waals surface area contributed by atoms with Crippen LogP contribution in [0, 0.1) is 5.92 Å². The monoisotopic (exact) mass is 259 g/mol. The molecule has 0 radical (unpaired) electrons. The normalized spacial score (nSPS) is 25.7. The van der Waals surface area contributed by atoms with Crippen molar-refractivity contribution >= 4 is 21.2 Å². The van der Waals surface area contributed by atoms with Crippen LogP contribution in [0.1, 0.15) is 18.4 Å². The Hall–Kier alpha value is -0.390. The molecule has 1 aromatic heterocycles. The van der Waals surface area contributed by atoms with Crippen molar-refractivity contribution in [2.24, 2.45) is 11.7 Å². The quantitative estimate of drug-likeness (QED) is 0.890. The number of nitrogens with two attached hydrogens (primary N) is 1. The average molecular weight is 259 g/mol. The summed E-state index contributed by atoms with van der Waals surface area (Å²) in [6.45, 7) is 0. The minimum atomic E-state index is -2.79. The first-order valence-corrected chi connectivity index (χ1v) is 8.30. The van der Waals surface area contributed by atoms with Crippen LogP contribution in [0.15, 0.2) is 16.8 Å². The summed E-state index contributed by atoms with van der Waals surface area (Å²) in [5.74, 6) is 0.783. The first kappa shape index (κ1) is 12.1. The molecule has 2 unspecified atom stereocenters. The first-order chi connectivity index (χ1) is 7.57. The van der Waals surface area contributed by atoms with Gasteiger partial charge in [0.1, 0.15) is 0 Å². The van der Waals surface area contributed by atoms with E-state index in [2.05, 4.69) is 16.8 Å². The summed E-state index contributed by atoms with van der Waals surface area (Å²) in [6, 6.07) is 2.13. The first-order valence-electron chi connectivity index (χ1n) is 5.54. The maximum atomic E-state index is 11.3. The maximum Gasteiger partial charge on any atom is 0.150 e. The second kappa shape index (κ2) is 4.85. The second-order valence-electron chi connectivity index (χ2n) is 4.50. The molecule has 1 aliphatic rings. The van der Waals surface area contributed by atoms with Crippen LogP contribution in [0.3, 0.4) is 0 Å². The van der Waals surface area contributed by atoms with Gasteiger partial charge in [0.15, 0.2) is 9.84 Å². The predicted octanol–water partition coefficient (Wildman–Crippen LogP) is 1.44. The minimum Gasteiger partial charge on any atom is -0.327 e. The lowest BCUT2D eigenvalue weighted by molar-refractivity contribution is 0.439. The second-order valence-corrected chi connectivity index (χ2v) is 7.51. The van der Waals surface area contributed by atoms with Crippen molar-refractivity contribution in [3.05, 3.63) is 22.4 Å². The highest BCUT2D eigenvalue weighted by molar-refractivity contribution is 7.91. The summed E-state index contributed by atoms with van der Waals surface area (Å²) in [5.41, 5.74) is 7.36. The van der Waals surface area contributed by atoms with Gasteiger partial charge in [-0.05, 0) is 47.6 Å². The zero-order chi connectivity index (χ0) is 11.6. The Morgan fingerprint density at radius 2 is 2.38 bits per heavy atom. The third-order valence-electron chi connectivity index (χ3n) is 3.22. The Morgan fingerprint density at radius 3 is 2.94 bits per heavy atom.